The predicted octanol–water partition coefficient (Wildman–Crippen LogP) is 3.21. The van der Waals surface area contributed by atoms with E-state index in [1.54, 1.807) is 6.20 Å². The van der Waals surface area contributed by atoms with Gasteiger partial charge in [-0.05, 0) is 79.3 Å². The highest BCUT2D eigenvalue weighted by atomic mass is 79.9. The molecule has 2 aromatic rings. The summed E-state index contributed by atoms with van der Waals surface area (Å²) in [6, 6.07) is 7.49. The van der Waals surface area contributed by atoms with Crippen LogP contribution in [-0.2, 0) is 9.59 Å². The summed E-state index contributed by atoms with van der Waals surface area (Å²) in [4.78, 5) is 35.7. The first-order valence-corrected chi connectivity index (χ1v) is 13.4. The average Bonchev–Trinajstić information content (AvgIpc) is 3.53. The van der Waals surface area contributed by atoms with Gasteiger partial charge in [0.05, 0.1) is 16.6 Å². The van der Waals surface area contributed by atoms with Crippen molar-refractivity contribution in [2.24, 2.45) is 5.73 Å². The average molecular weight is 560 g/mol. The lowest BCUT2D eigenvalue weighted by molar-refractivity contribution is -0.126. The van der Waals surface area contributed by atoms with Crippen molar-refractivity contribution in [3.8, 4) is 0 Å². The number of nitrogens with zero attached hydrogens (tertiary/aromatic N) is 3. The quantitative estimate of drug-likeness (QED) is 0.265. The van der Waals surface area contributed by atoms with Gasteiger partial charge in [0.25, 0.3) is 0 Å². The largest absolute Gasteiger partial charge is 0.369 e. The third kappa shape index (κ3) is 7.37. The molecule has 1 saturated heterocycles. The van der Waals surface area contributed by atoms with Crippen molar-refractivity contribution in [1.29, 1.82) is 0 Å². The Hall–Kier alpha value is -2.76. The molecule has 1 aliphatic heterocycles. The first kappa shape index (κ1) is 26.3. The molecule has 6 N–H and O–H groups in total. The van der Waals surface area contributed by atoms with Gasteiger partial charge in [0.15, 0.2) is 0 Å². The number of carbonyl (C=O) groups is 2. The molecule has 2 fully saturated rings. The Labute approximate surface area is 220 Å². The van der Waals surface area contributed by atoms with Crippen LogP contribution in [0.25, 0.3) is 0 Å². The third-order valence-corrected chi connectivity index (χ3v) is 7.17. The Balaban J connectivity index is 1.25. The van der Waals surface area contributed by atoms with Crippen LogP contribution in [0.3, 0.4) is 0 Å². The topological polar surface area (TPSA) is 137 Å². The SMILES string of the molecule is NC1(C(=O)NCCCNc2nc(Nc3cccc(NC(=O)CN4CCCC4)c3)ncc2Br)CCCC1. The van der Waals surface area contributed by atoms with Gasteiger partial charge >= 0.3 is 0 Å². The van der Waals surface area contributed by atoms with E-state index in [-0.39, 0.29) is 11.8 Å². The monoisotopic (exact) mass is 558 g/mol. The van der Waals surface area contributed by atoms with Crippen LogP contribution in [0.2, 0.25) is 0 Å². The molecule has 10 nitrogen and oxygen atoms in total. The van der Waals surface area contributed by atoms with E-state index >= 15 is 0 Å². The number of nitrogens with one attached hydrogen (secondary N) is 4. The van der Waals surface area contributed by atoms with Crippen LogP contribution in [0.4, 0.5) is 23.1 Å². The Bertz CT molecular complexity index is 1050. The van der Waals surface area contributed by atoms with Crippen molar-refractivity contribution in [3.05, 3.63) is 34.9 Å². The minimum Gasteiger partial charge on any atom is -0.369 e. The van der Waals surface area contributed by atoms with Gasteiger partial charge in [0.2, 0.25) is 17.8 Å². The van der Waals surface area contributed by atoms with E-state index in [4.69, 9.17) is 5.73 Å². The summed E-state index contributed by atoms with van der Waals surface area (Å²) in [6.45, 7) is 3.56. The minimum absolute atomic E-state index is 0.0125. The Morgan fingerprint density at radius 1 is 1.08 bits per heavy atom. The van der Waals surface area contributed by atoms with Gasteiger partial charge in [-0.1, -0.05) is 18.9 Å². The van der Waals surface area contributed by atoms with E-state index in [1.165, 1.54) is 0 Å². The van der Waals surface area contributed by atoms with Gasteiger partial charge in [-0.3, -0.25) is 14.5 Å². The van der Waals surface area contributed by atoms with E-state index in [1.807, 2.05) is 24.3 Å². The van der Waals surface area contributed by atoms with Crippen LogP contribution < -0.4 is 27.0 Å². The highest BCUT2D eigenvalue weighted by Gasteiger charge is 2.36. The number of benzene rings is 1. The molecule has 0 radical (unpaired) electrons. The first-order chi connectivity index (χ1) is 17.4. The van der Waals surface area contributed by atoms with Gasteiger partial charge in [-0.2, -0.15) is 4.98 Å². The maximum absolute atomic E-state index is 12.3. The summed E-state index contributed by atoms with van der Waals surface area (Å²) in [5.41, 5.74) is 6.99. The van der Waals surface area contributed by atoms with E-state index < -0.39 is 5.54 Å². The third-order valence-electron chi connectivity index (χ3n) is 6.59. The molecule has 0 spiro atoms. The second kappa shape index (κ2) is 12.5. The summed E-state index contributed by atoms with van der Waals surface area (Å²) < 4.78 is 0.742. The van der Waals surface area contributed by atoms with Crippen molar-refractivity contribution in [3.63, 3.8) is 0 Å². The smallest absolute Gasteiger partial charge is 0.240 e. The van der Waals surface area contributed by atoms with Gasteiger partial charge in [-0.15, -0.1) is 0 Å². The van der Waals surface area contributed by atoms with Crippen LogP contribution in [-0.4, -0.2) is 64.9 Å². The maximum atomic E-state index is 12.3. The van der Waals surface area contributed by atoms with E-state index in [0.29, 0.717) is 31.4 Å². The minimum atomic E-state index is -0.697. The second-order valence-electron chi connectivity index (χ2n) is 9.53. The summed E-state index contributed by atoms with van der Waals surface area (Å²) in [7, 11) is 0. The molecule has 2 aliphatic rings. The number of hydrogen-bond acceptors (Lipinski definition) is 8. The highest BCUT2D eigenvalue weighted by molar-refractivity contribution is 9.10. The molecule has 0 bridgehead atoms. The molecule has 1 aliphatic carbocycles. The number of likely N-dealkylation sites (tertiary alicyclic amines) is 1. The summed E-state index contributed by atoms with van der Waals surface area (Å²) in [5.74, 6) is 1.02. The summed E-state index contributed by atoms with van der Waals surface area (Å²) in [6.07, 6.45) is 8.27. The molecular formula is C25H35BrN8O2. The molecule has 0 atom stereocenters. The number of hydrogen-bond donors (Lipinski definition) is 5. The van der Waals surface area contributed by atoms with E-state index in [0.717, 1.165) is 73.9 Å². The number of rotatable bonds is 11. The fourth-order valence-electron chi connectivity index (χ4n) is 4.61. The van der Waals surface area contributed by atoms with Crippen LogP contribution in [0.5, 0.6) is 0 Å². The molecule has 0 unspecified atom stereocenters. The van der Waals surface area contributed by atoms with Gasteiger partial charge in [-0.25, -0.2) is 4.98 Å². The van der Waals surface area contributed by atoms with Crippen molar-refractivity contribution in [2.75, 3.05) is 48.7 Å². The lowest BCUT2D eigenvalue weighted by Crippen LogP contribution is -2.52. The number of aromatic nitrogens is 2. The standard InChI is InChI=1S/C25H35BrN8O2/c26-20-16-30-24(33-22(20)28-11-6-12-29-23(36)25(27)9-1-2-10-25)32-19-8-5-7-18(15-19)31-21(35)17-34-13-3-4-14-34/h5,7-8,15-16H,1-4,6,9-14,17,27H2,(H,29,36)(H,31,35)(H2,28,30,32,33). The zero-order valence-corrected chi connectivity index (χ0v) is 22.1. The van der Waals surface area contributed by atoms with Crippen LogP contribution in [0, 0.1) is 0 Å². The molecule has 194 valence electrons. The molecular weight excluding hydrogens is 524 g/mol. The molecule has 2 heterocycles. The number of carbonyl (C=O) groups excluding carboxylic acids is 2. The molecule has 1 saturated carbocycles. The second-order valence-corrected chi connectivity index (χ2v) is 10.4. The zero-order valence-electron chi connectivity index (χ0n) is 20.5. The molecule has 11 heteroatoms. The van der Waals surface area contributed by atoms with E-state index in [9.17, 15) is 9.59 Å². The van der Waals surface area contributed by atoms with E-state index in [2.05, 4.69) is 52.1 Å². The fourth-order valence-corrected chi connectivity index (χ4v) is 4.94. The Kier molecular flexibility index (Phi) is 9.11. The number of anilines is 4. The lowest BCUT2D eigenvalue weighted by Gasteiger charge is -2.22. The maximum Gasteiger partial charge on any atom is 0.240 e. The number of halogens is 1. The number of amides is 2. The summed E-state index contributed by atoms with van der Waals surface area (Å²) in [5, 5.41) is 12.4. The number of nitrogens with two attached hydrogens (primary N) is 1. The van der Waals surface area contributed by atoms with Crippen molar-refractivity contribution in [1.82, 2.24) is 20.2 Å². The van der Waals surface area contributed by atoms with Crippen molar-refractivity contribution in [2.45, 2.75) is 50.5 Å². The van der Waals surface area contributed by atoms with Gasteiger partial charge in [0, 0.05) is 30.7 Å². The highest BCUT2D eigenvalue weighted by Crippen LogP contribution is 2.27. The fraction of sp³-hybridized carbons (Fsp3) is 0.520. The molecule has 4 rings (SSSR count). The molecule has 2 amide bonds. The van der Waals surface area contributed by atoms with Crippen LogP contribution >= 0.6 is 15.9 Å². The van der Waals surface area contributed by atoms with Gasteiger partial charge in [0.1, 0.15) is 5.82 Å². The molecule has 1 aromatic carbocycles. The lowest BCUT2D eigenvalue weighted by atomic mass is 9.98. The summed E-state index contributed by atoms with van der Waals surface area (Å²) >= 11 is 3.48. The molecule has 1 aromatic heterocycles. The zero-order chi connectivity index (χ0) is 25.4. The predicted molar refractivity (Wildman–Crippen MR) is 145 cm³/mol. The van der Waals surface area contributed by atoms with Crippen LogP contribution in [0.15, 0.2) is 34.9 Å². The Morgan fingerprint density at radius 2 is 1.83 bits per heavy atom. The molecule has 36 heavy (non-hydrogen) atoms. The van der Waals surface area contributed by atoms with Crippen LogP contribution in [0.1, 0.15) is 44.9 Å². The Morgan fingerprint density at radius 3 is 2.61 bits per heavy atom. The normalized spacial score (nSPS) is 17.1. The van der Waals surface area contributed by atoms with Crippen molar-refractivity contribution >= 4 is 50.9 Å². The first-order valence-electron chi connectivity index (χ1n) is 12.6. The van der Waals surface area contributed by atoms with Gasteiger partial charge < -0.3 is 27.0 Å². The van der Waals surface area contributed by atoms with Crippen molar-refractivity contribution < 1.29 is 9.59 Å².